The molecule has 0 aliphatic heterocycles. The van der Waals surface area contributed by atoms with Crippen LogP contribution in [-0.4, -0.2) is 22.9 Å². The van der Waals surface area contributed by atoms with Gasteiger partial charge in [-0.3, -0.25) is 9.59 Å². The Morgan fingerprint density at radius 2 is 1.65 bits per heavy atom. The van der Waals surface area contributed by atoms with Crippen LogP contribution >= 0.6 is 0 Å². The van der Waals surface area contributed by atoms with E-state index >= 15 is 0 Å². The molecule has 2 N–H and O–H groups in total. The second-order valence-electron chi connectivity index (χ2n) is 6.06. The van der Waals surface area contributed by atoms with E-state index in [-0.39, 0.29) is 12.4 Å². The Bertz CT molecular complexity index is 941. The Kier molecular flexibility index (Phi) is 4.89. The fourth-order valence-electron chi connectivity index (χ4n) is 2.96. The number of hydrogen-bond donors (Lipinski definition) is 1. The summed E-state index contributed by atoms with van der Waals surface area (Å²) >= 11 is 0. The number of hydrogen-bond acceptors (Lipinski definition) is 3. The zero-order valence-electron chi connectivity index (χ0n) is 14.7. The first-order valence-corrected chi connectivity index (χ1v) is 8.27. The first-order chi connectivity index (χ1) is 12.5. The molecule has 3 aromatic rings. The summed E-state index contributed by atoms with van der Waals surface area (Å²) in [5.41, 5.74) is 9.13. The predicted molar refractivity (Wildman–Crippen MR) is 100 cm³/mol. The fraction of sp³-hybridized carbons (Fsp3) is 0.143. The predicted octanol–water partition coefficient (Wildman–Crippen LogP) is 3.45. The average molecular weight is 348 g/mol. The molecule has 0 spiro atoms. The average Bonchev–Trinajstić information content (AvgIpc) is 2.95. The minimum Gasteiger partial charge on any atom is -0.485 e. The molecule has 1 amide bonds. The van der Waals surface area contributed by atoms with Crippen LogP contribution in [0.15, 0.2) is 60.7 Å². The Morgan fingerprint density at radius 1 is 1.00 bits per heavy atom. The number of carbonyl (C=O) groups excluding carboxylic acids is 2. The van der Waals surface area contributed by atoms with Gasteiger partial charge in [0, 0.05) is 28.2 Å². The normalized spacial score (nSPS) is 10.5. The number of carbonyl (C=O) groups is 2. The molecule has 3 rings (SSSR count). The van der Waals surface area contributed by atoms with E-state index in [1.807, 2.05) is 50.2 Å². The number of nitrogens with two attached hydrogens (primary N) is 1. The molecule has 0 aliphatic carbocycles. The SMILES string of the molecule is Cc1cc(C(=O)COc2ccc(C(N)=O)cc2)c(C)n1-c1ccccc1. The van der Waals surface area contributed by atoms with Gasteiger partial charge in [0.2, 0.25) is 11.7 Å². The van der Waals surface area contributed by atoms with Gasteiger partial charge in [-0.15, -0.1) is 0 Å². The summed E-state index contributed by atoms with van der Waals surface area (Å²) in [5.74, 6) is -0.0829. The number of benzene rings is 2. The molecule has 0 atom stereocenters. The summed E-state index contributed by atoms with van der Waals surface area (Å²) in [6.07, 6.45) is 0. The van der Waals surface area contributed by atoms with Gasteiger partial charge in [-0.1, -0.05) is 18.2 Å². The van der Waals surface area contributed by atoms with Gasteiger partial charge in [-0.05, 0) is 56.3 Å². The molecule has 0 saturated heterocycles. The molecule has 1 heterocycles. The third-order valence-corrected chi connectivity index (χ3v) is 4.25. The van der Waals surface area contributed by atoms with Crippen LogP contribution in [0.5, 0.6) is 5.75 Å². The van der Waals surface area contributed by atoms with Crippen molar-refractivity contribution in [3.8, 4) is 11.4 Å². The van der Waals surface area contributed by atoms with E-state index in [0.29, 0.717) is 16.9 Å². The van der Waals surface area contributed by atoms with Crippen LogP contribution in [-0.2, 0) is 0 Å². The Labute approximate surface area is 152 Å². The van der Waals surface area contributed by atoms with Crippen molar-refractivity contribution in [2.45, 2.75) is 13.8 Å². The van der Waals surface area contributed by atoms with Crippen molar-refractivity contribution < 1.29 is 14.3 Å². The Morgan fingerprint density at radius 3 is 2.27 bits per heavy atom. The molecule has 132 valence electrons. The standard InChI is InChI=1S/C21H20N2O3/c1-14-12-19(15(2)23(14)17-6-4-3-5-7-17)20(24)13-26-18-10-8-16(9-11-18)21(22)25/h3-12H,13H2,1-2H3,(H2,22,25). The van der Waals surface area contributed by atoms with Gasteiger partial charge in [0.25, 0.3) is 0 Å². The fourth-order valence-corrected chi connectivity index (χ4v) is 2.96. The van der Waals surface area contributed by atoms with Crippen LogP contribution in [0.2, 0.25) is 0 Å². The summed E-state index contributed by atoms with van der Waals surface area (Å²) < 4.78 is 7.61. The highest BCUT2D eigenvalue weighted by Crippen LogP contribution is 2.21. The molecule has 2 aromatic carbocycles. The molecule has 0 radical (unpaired) electrons. The van der Waals surface area contributed by atoms with Crippen molar-refractivity contribution in [1.82, 2.24) is 4.57 Å². The van der Waals surface area contributed by atoms with Crippen LogP contribution in [0.4, 0.5) is 0 Å². The van der Waals surface area contributed by atoms with E-state index in [2.05, 4.69) is 4.57 Å². The van der Waals surface area contributed by atoms with Crippen molar-refractivity contribution in [2.24, 2.45) is 5.73 Å². The minimum atomic E-state index is -0.499. The lowest BCUT2D eigenvalue weighted by molar-refractivity contribution is 0.0919. The van der Waals surface area contributed by atoms with E-state index in [1.54, 1.807) is 24.3 Å². The monoisotopic (exact) mass is 348 g/mol. The number of para-hydroxylation sites is 1. The molecule has 1 aromatic heterocycles. The van der Waals surface area contributed by atoms with Crippen molar-refractivity contribution in [2.75, 3.05) is 6.61 Å². The number of rotatable bonds is 6. The van der Waals surface area contributed by atoms with E-state index in [9.17, 15) is 9.59 Å². The smallest absolute Gasteiger partial charge is 0.248 e. The van der Waals surface area contributed by atoms with E-state index < -0.39 is 5.91 Å². The molecule has 26 heavy (non-hydrogen) atoms. The van der Waals surface area contributed by atoms with Gasteiger partial charge in [0.05, 0.1) is 0 Å². The maximum Gasteiger partial charge on any atom is 0.248 e. The van der Waals surface area contributed by atoms with E-state index in [0.717, 1.165) is 17.1 Å². The van der Waals surface area contributed by atoms with Crippen molar-refractivity contribution >= 4 is 11.7 Å². The number of ether oxygens (including phenoxy) is 1. The number of aryl methyl sites for hydroxylation is 1. The summed E-state index contributed by atoms with van der Waals surface area (Å²) in [6.45, 7) is 3.82. The van der Waals surface area contributed by atoms with E-state index in [4.69, 9.17) is 10.5 Å². The largest absolute Gasteiger partial charge is 0.485 e. The molecule has 0 fully saturated rings. The third kappa shape index (κ3) is 3.52. The highest BCUT2D eigenvalue weighted by molar-refractivity contribution is 5.99. The van der Waals surface area contributed by atoms with Crippen LogP contribution in [0.1, 0.15) is 32.1 Å². The van der Waals surface area contributed by atoms with Crippen molar-refractivity contribution in [3.05, 3.63) is 83.2 Å². The first kappa shape index (κ1) is 17.5. The van der Waals surface area contributed by atoms with Gasteiger partial charge >= 0.3 is 0 Å². The van der Waals surface area contributed by atoms with Crippen molar-refractivity contribution in [1.29, 1.82) is 0 Å². The molecular formula is C21H20N2O3. The number of aromatic nitrogens is 1. The summed E-state index contributed by atoms with van der Waals surface area (Å²) in [7, 11) is 0. The molecule has 5 nitrogen and oxygen atoms in total. The lowest BCUT2D eigenvalue weighted by Gasteiger charge is -2.10. The summed E-state index contributed by atoms with van der Waals surface area (Å²) in [5, 5.41) is 0. The molecule has 5 heteroatoms. The van der Waals surface area contributed by atoms with Crippen LogP contribution in [0, 0.1) is 13.8 Å². The number of primary amides is 1. The highest BCUT2D eigenvalue weighted by Gasteiger charge is 2.17. The van der Waals surface area contributed by atoms with Crippen LogP contribution in [0.3, 0.4) is 0 Å². The Hall–Kier alpha value is -3.34. The highest BCUT2D eigenvalue weighted by atomic mass is 16.5. The summed E-state index contributed by atoms with van der Waals surface area (Å²) in [4.78, 5) is 23.7. The molecule has 0 unspecified atom stereocenters. The van der Waals surface area contributed by atoms with Gasteiger partial charge in [-0.25, -0.2) is 0 Å². The number of nitrogens with zero attached hydrogens (tertiary/aromatic N) is 1. The van der Waals surface area contributed by atoms with Gasteiger partial charge < -0.3 is 15.0 Å². The maximum atomic E-state index is 12.6. The minimum absolute atomic E-state index is 0.0744. The maximum absolute atomic E-state index is 12.6. The molecule has 0 aliphatic rings. The summed E-state index contributed by atoms with van der Waals surface area (Å²) in [6, 6.07) is 18.2. The quantitative estimate of drug-likeness (QED) is 0.693. The lowest BCUT2D eigenvalue weighted by Crippen LogP contribution is -2.13. The zero-order chi connectivity index (χ0) is 18.7. The van der Waals surface area contributed by atoms with Gasteiger partial charge in [-0.2, -0.15) is 0 Å². The van der Waals surface area contributed by atoms with E-state index in [1.165, 1.54) is 0 Å². The van der Waals surface area contributed by atoms with Crippen molar-refractivity contribution in [3.63, 3.8) is 0 Å². The number of amides is 1. The van der Waals surface area contributed by atoms with Crippen LogP contribution in [0.25, 0.3) is 5.69 Å². The van der Waals surface area contributed by atoms with Gasteiger partial charge in [0.15, 0.2) is 6.61 Å². The molecule has 0 bridgehead atoms. The molecule has 0 saturated carbocycles. The molecular weight excluding hydrogens is 328 g/mol. The van der Waals surface area contributed by atoms with Gasteiger partial charge in [0.1, 0.15) is 5.75 Å². The number of ketones is 1. The first-order valence-electron chi connectivity index (χ1n) is 8.27. The zero-order valence-corrected chi connectivity index (χ0v) is 14.7. The second-order valence-corrected chi connectivity index (χ2v) is 6.06. The van der Waals surface area contributed by atoms with Crippen LogP contribution < -0.4 is 10.5 Å². The number of Topliss-reactive ketones (excluding diaryl/α,β-unsaturated/α-hetero) is 1. The second kappa shape index (κ2) is 7.27. The lowest BCUT2D eigenvalue weighted by atomic mass is 10.1. The topological polar surface area (TPSA) is 74.3 Å². The third-order valence-electron chi connectivity index (χ3n) is 4.25. The Balaban J connectivity index is 1.75.